The van der Waals surface area contributed by atoms with Crippen molar-refractivity contribution in [3.63, 3.8) is 0 Å². The number of carbonyl (C=O) groups excluding carboxylic acids is 1. The number of thioether (sulfide) groups is 1. The van der Waals surface area contributed by atoms with E-state index < -0.39 is 46.8 Å². The van der Waals surface area contributed by atoms with E-state index in [9.17, 15) is 31.9 Å². The summed E-state index contributed by atoms with van der Waals surface area (Å²) in [7, 11) is 0. The van der Waals surface area contributed by atoms with Gasteiger partial charge in [-0.3, -0.25) is 4.79 Å². The minimum absolute atomic E-state index is 0.0773. The van der Waals surface area contributed by atoms with Crippen molar-refractivity contribution in [2.45, 2.75) is 42.2 Å². The number of anilines is 1. The number of aliphatic hydroxyl groups is 1. The van der Waals surface area contributed by atoms with Gasteiger partial charge in [-0.05, 0) is 42.5 Å². The Morgan fingerprint density at radius 1 is 1.09 bits per heavy atom. The zero-order valence-electron chi connectivity index (χ0n) is 23.6. The minimum Gasteiger partial charge on any atom is -0.406 e. The highest BCUT2D eigenvalue weighted by molar-refractivity contribution is 8.00. The predicted octanol–water partition coefficient (Wildman–Crippen LogP) is 5.83. The summed E-state index contributed by atoms with van der Waals surface area (Å²) in [5.41, 5.74) is -0.625. The van der Waals surface area contributed by atoms with Crippen molar-refractivity contribution in [2.24, 2.45) is 0 Å². The number of hydrogen-bond acceptors (Lipinski definition) is 8. The molecule has 5 rings (SSSR count). The first-order chi connectivity index (χ1) is 21.4. The Bertz CT molecular complexity index is 1580. The van der Waals surface area contributed by atoms with Gasteiger partial charge in [-0.2, -0.15) is 5.10 Å². The number of alkyl halides is 3. The average Bonchev–Trinajstić information content (AvgIpc) is 3.50. The van der Waals surface area contributed by atoms with Gasteiger partial charge in [0.05, 0.1) is 25.0 Å². The van der Waals surface area contributed by atoms with E-state index in [1.807, 2.05) is 0 Å². The minimum atomic E-state index is -4.81. The van der Waals surface area contributed by atoms with E-state index >= 15 is 0 Å². The van der Waals surface area contributed by atoms with E-state index in [0.29, 0.717) is 11.1 Å². The van der Waals surface area contributed by atoms with Gasteiger partial charge in [0.2, 0.25) is 0 Å². The largest absolute Gasteiger partial charge is 0.573 e. The number of benzene rings is 3. The second kappa shape index (κ2) is 13.5. The monoisotopic (exact) mass is 650 g/mol. The van der Waals surface area contributed by atoms with Crippen LogP contribution >= 0.6 is 11.8 Å². The molecule has 1 amide bonds. The van der Waals surface area contributed by atoms with E-state index in [2.05, 4.69) is 20.1 Å². The van der Waals surface area contributed by atoms with Crippen molar-refractivity contribution in [1.82, 2.24) is 14.8 Å². The first-order valence-electron chi connectivity index (χ1n) is 13.6. The molecule has 2 atom stereocenters. The van der Waals surface area contributed by atoms with Crippen LogP contribution < -0.4 is 10.1 Å². The third-order valence-corrected chi connectivity index (χ3v) is 8.45. The Morgan fingerprint density at radius 2 is 1.78 bits per heavy atom. The van der Waals surface area contributed by atoms with Crippen LogP contribution in [0.2, 0.25) is 0 Å². The molecule has 1 fully saturated rings. The van der Waals surface area contributed by atoms with Crippen molar-refractivity contribution in [3.8, 4) is 5.75 Å². The highest BCUT2D eigenvalue weighted by Crippen LogP contribution is 2.39. The lowest BCUT2D eigenvalue weighted by Gasteiger charge is -2.37. The van der Waals surface area contributed by atoms with Crippen LogP contribution in [-0.4, -0.2) is 55.9 Å². The molecular weight excluding hydrogens is 623 g/mol. The number of amides is 1. The molecule has 2 heterocycles. The summed E-state index contributed by atoms with van der Waals surface area (Å²) in [6, 6.07) is 14.2. The number of rotatable bonds is 10. The lowest BCUT2D eigenvalue weighted by molar-refractivity contribution is -0.274. The van der Waals surface area contributed by atoms with Crippen molar-refractivity contribution in [2.75, 3.05) is 18.5 Å². The van der Waals surface area contributed by atoms with Gasteiger partial charge in [-0.25, -0.2) is 18.4 Å². The number of nitrogens with zero attached hydrogens (tertiary/aromatic N) is 3. The van der Waals surface area contributed by atoms with Crippen molar-refractivity contribution in [1.29, 1.82) is 0 Å². The van der Waals surface area contributed by atoms with E-state index in [1.165, 1.54) is 47.3 Å². The molecule has 1 aliphatic heterocycles. The van der Waals surface area contributed by atoms with Crippen LogP contribution in [0.1, 0.15) is 34.7 Å². The van der Waals surface area contributed by atoms with Crippen LogP contribution in [0.15, 0.2) is 79.4 Å². The van der Waals surface area contributed by atoms with Crippen LogP contribution in [0.4, 0.5) is 27.6 Å². The van der Waals surface area contributed by atoms with Crippen LogP contribution in [0.3, 0.4) is 0 Å². The maximum atomic E-state index is 14.8. The van der Waals surface area contributed by atoms with E-state index in [0.717, 1.165) is 24.3 Å². The van der Waals surface area contributed by atoms with Gasteiger partial charge in [0, 0.05) is 33.7 Å². The Kier molecular flexibility index (Phi) is 9.72. The van der Waals surface area contributed by atoms with E-state index in [1.54, 1.807) is 31.2 Å². The molecule has 2 N–H and O–H groups in total. The maximum absolute atomic E-state index is 14.8. The second-order valence-electron chi connectivity index (χ2n) is 10.2. The van der Waals surface area contributed by atoms with Crippen LogP contribution in [0.5, 0.6) is 5.75 Å². The summed E-state index contributed by atoms with van der Waals surface area (Å²) in [6.07, 6.45) is -2.85. The lowest BCUT2D eigenvalue weighted by atomic mass is 9.90. The molecule has 0 radical (unpaired) electrons. The van der Waals surface area contributed by atoms with Gasteiger partial charge in [-0.15, -0.1) is 24.9 Å². The standard InChI is InChI=1S/C30H27F5N4O5S/c1-18(29(41,15-39-17-36-16-37-39)25-11-6-21(31)12-26(25)32)45-24-13-42-28(43-14-24)20-4-2-19(3-5-20)27(40)38-22-7-9-23(10-8-22)44-30(33,34)35/h2-12,16-18,24,28,41H,13-15H2,1H3,(H,38,40). The fourth-order valence-corrected chi connectivity index (χ4v) is 6.05. The molecule has 4 aromatic rings. The van der Waals surface area contributed by atoms with Crippen molar-refractivity contribution < 1.29 is 46.1 Å². The summed E-state index contributed by atoms with van der Waals surface area (Å²) in [5, 5.41) is 17.5. The van der Waals surface area contributed by atoms with Crippen molar-refractivity contribution >= 4 is 23.4 Å². The quantitative estimate of drug-likeness (QED) is 0.207. The van der Waals surface area contributed by atoms with Crippen LogP contribution in [0.25, 0.3) is 0 Å². The molecule has 15 heteroatoms. The number of ether oxygens (including phenoxy) is 3. The molecular formula is C30H27F5N4O5S. The van der Waals surface area contributed by atoms with E-state index in [4.69, 9.17) is 9.47 Å². The van der Waals surface area contributed by atoms with E-state index in [-0.39, 0.29) is 36.3 Å². The zero-order chi connectivity index (χ0) is 32.2. The van der Waals surface area contributed by atoms with Gasteiger partial charge in [0.25, 0.3) is 5.91 Å². The van der Waals surface area contributed by atoms with Gasteiger partial charge in [0.15, 0.2) is 6.29 Å². The summed E-state index contributed by atoms with van der Waals surface area (Å²) in [4.78, 5) is 16.5. The average molecular weight is 651 g/mol. The summed E-state index contributed by atoms with van der Waals surface area (Å²) >= 11 is 1.33. The third kappa shape index (κ3) is 8.16. The summed E-state index contributed by atoms with van der Waals surface area (Å²) in [5.74, 6) is -2.52. The molecule has 238 valence electrons. The molecule has 9 nitrogen and oxygen atoms in total. The number of halogens is 5. The van der Waals surface area contributed by atoms with Gasteiger partial charge >= 0.3 is 6.36 Å². The highest BCUT2D eigenvalue weighted by atomic mass is 32.2. The SMILES string of the molecule is CC(SC1COC(c2ccc(C(=O)Nc3ccc(OC(F)(F)F)cc3)cc2)OC1)C(O)(Cn1cncn1)c1ccc(F)cc1F. The smallest absolute Gasteiger partial charge is 0.406 e. The summed E-state index contributed by atoms with van der Waals surface area (Å²) in [6.45, 7) is 2.08. The number of nitrogens with one attached hydrogen (secondary N) is 1. The molecule has 1 aliphatic rings. The Hall–Kier alpha value is -4.05. The Morgan fingerprint density at radius 3 is 2.38 bits per heavy atom. The molecule has 0 spiro atoms. The second-order valence-corrected chi connectivity index (χ2v) is 11.8. The zero-order valence-corrected chi connectivity index (χ0v) is 24.4. The first kappa shape index (κ1) is 32.3. The normalized spacial score (nSPS) is 19.0. The van der Waals surface area contributed by atoms with Gasteiger partial charge < -0.3 is 24.6 Å². The number of hydrogen-bond donors (Lipinski definition) is 2. The maximum Gasteiger partial charge on any atom is 0.573 e. The molecule has 3 aromatic carbocycles. The molecule has 0 bridgehead atoms. The Balaban J connectivity index is 1.17. The fraction of sp³-hybridized carbons (Fsp3) is 0.300. The number of aromatic nitrogens is 3. The molecule has 0 aliphatic carbocycles. The van der Waals surface area contributed by atoms with Crippen LogP contribution in [-0.2, 0) is 21.6 Å². The fourth-order valence-electron chi connectivity index (χ4n) is 4.73. The van der Waals surface area contributed by atoms with Gasteiger partial charge in [0.1, 0.15) is 35.6 Å². The first-order valence-corrected chi connectivity index (χ1v) is 14.5. The predicted molar refractivity (Wildman–Crippen MR) is 153 cm³/mol. The molecule has 0 saturated carbocycles. The molecule has 1 aromatic heterocycles. The molecule has 45 heavy (non-hydrogen) atoms. The summed E-state index contributed by atoms with van der Waals surface area (Å²) < 4.78 is 82.5. The molecule has 2 unspecified atom stereocenters. The number of carbonyl (C=O) groups is 1. The van der Waals surface area contributed by atoms with Crippen molar-refractivity contribution in [3.05, 3.63) is 108 Å². The van der Waals surface area contributed by atoms with Crippen LogP contribution in [0, 0.1) is 11.6 Å². The molecule has 1 saturated heterocycles. The topological polar surface area (TPSA) is 108 Å². The highest BCUT2D eigenvalue weighted by Gasteiger charge is 2.41. The van der Waals surface area contributed by atoms with Gasteiger partial charge in [-0.1, -0.05) is 25.1 Å². The Labute approximate surface area is 258 Å². The lowest BCUT2D eigenvalue weighted by Crippen LogP contribution is -2.43. The third-order valence-electron chi connectivity index (χ3n) is 6.99.